The number of carbonyl (C=O) groups is 1. The number of carbonyl (C=O) groups excluding carboxylic acids is 1. The Labute approximate surface area is 114 Å². The Kier molecular flexibility index (Phi) is 4.10. The minimum atomic E-state index is -0.408. The number of benzene rings is 1. The Hall–Kier alpha value is -1.55. The van der Waals surface area contributed by atoms with Crippen molar-refractivity contribution < 1.29 is 14.3 Å². The molecule has 2 rings (SSSR count). The summed E-state index contributed by atoms with van der Waals surface area (Å²) >= 11 is 0. The molecule has 0 unspecified atom stereocenters. The summed E-state index contributed by atoms with van der Waals surface area (Å²) in [5.74, 6) is 0. The van der Waals surface area contributed by atoms with E-state index >= 15 is 0 Å². The van der Waals surface area contributed by atoms with Gasteiger partial charge in [0.2, 0.25) is 0 Å². The van der Waals surface area contributed by atoms with Crippen molar-refractivity contribution in [2.24, 2.45) is 0 Å². The highest BCUT2D eigenvalue weighted by Crippen LogP contribution is 2.38. The molecule has 1 saturated heterocycles. The number of hydrogen-bond donors (Lipinski definition) is 1. The fourth-order valence-corrected chi connectivity index (χ4v) is 2.04. The van der Waals surface area contributed by atoms with Crippen LogP contribution in [-0.4, -0.2) is 23.9 Å². The first-order valence-electron chi connectivity index (χ1n) is 6.68. The Morgan fingerprint density at radius 3 is 2.63 bits per heavy atom. The van der Waals surface area contributed by atoms with E-state index in [-0.39, 0.29) is 11.7 Å². The summed E-state index contributed by atoms with van der Waals surface area (Å²) in [4.78, 5) is 11.6. The summed E-state index contributed by atoms with van der Waals surface area (Å²) in [7, 11) is 0. The first-order chi connectivity index (χ1) is 8.97. The molecule has 0 aliphatic carbocycles. The van der Waals surface area contributed by atoms with Gasteiger partial charge in [0.05, 0.1) is 11.7 Å². The molecular weight excluding hydrogens is 242 g/mol. The van der Waals surface area contributed by atoms with Gasteiger partial charge < -0.3 is 9.47 Å². The van der Waals surface area contributed by atoms with Gasteiger partial charge in [-0.05, 0) is 45.7 Å². The van der Waals surface area contributed by atoms with Gasteiger partial charge in [0.25, 0.3) is 0 Å². The van der Waals surface area contributed by atoms with Gasteiger partial charge in [0, 0.05) is 5.69 Å². The number of para-hydroxylation sites is 1. The lowest BCUT2D eigenvalue weighted by atomic mass is 10.0. The number of ether oxygens (including phenoxy) is 2. The third kappa shape index (κ3) is 4.24. The number of hydrogen-bond acceptors (Lipinski definition) is 3. The molecular formula is C15H21NO3. The van der Waals surface area contributed by atoms with Crippen LogP contribution in [-0.2, 0) is 9.47 Å². The molecule has 2 atom stereocenters. The lowest BCUT2D eigenvalue weighted by Crippen LogP contribution is -2.20. The van der Waals surface area contributed by atoms with Crippen LogP contribution in [0.15, 0.2) is 30.3 Å². The van der Waals surface area contributed by atoms with Crippen LogP contribution in [0.5, 0.6) is 0 Å². The van der Waals surface area contributed by atoms with Gasteiger partial charge in [0.1, 0.15) is 6.10 Å². The van der Waals surface area contributed by atoms with Gasteiger partial charge in [-0.1, -0.05) is 18.2 Å². The first kappa shape index (κ1) is 13.9. The topological polar surface area (TPSA) is 50.9 Å². The van der Waals surface area contributed by atoms with Gasteiger partial charge in [0.15, 0.2) is 0 Å². The van der Waals surface area contributed by atoms with E-state index in [1.165, 1.54) is 0 Å². The lowest BCUT2D eigenvalue weighted by Gasteiger charge is -2.13. The van der Waals surface area contributed by atoms with Crippen molar-refractivity contribution >= 4 is 11.8 Å². The van der Waals surface area contributed by atoms with Crippen LogP contribution in [0.25, 0.3) is 0 Å². The summed E-state index contributed by atoms with van der Waals surface area (Å²) in [6.45, 7) is 6.05. The molecule has 0 aromatic heterocycles. The van der Waals surface area contributed by atoms with Gasteiger partial charge in [-0.2, -0.15) is 0 Å². The average Bonchev–Trinajstić information content (AvgIpc) is 2.95. The minimum Gasteiger partial charge on any atom is -0.446 e. The molecule has 0 spiro atoms. The van der Waals surface area contributed by atoms with E-state index in [1.807, 2.05) is 37.3 Å². The molecule has 0 saturated carbocycles. The van der Waals surface area contributed by atoms with Crippen LogP contribution in [0.3, 0.4) is 0 Å². The van der Waals surface area contributed by atoms with Crippen molar-refractivity contribution in [3.05, 3.63) is 30.3 Å². The highest BCUT2D eigenvalue weighted by atomic mass is 16.6. The number of rotatable bonds is 5. The summed E-state index contributed by atoms with van der Waals surface area (Å²) in [6, 6.07) is 9.28. The molecule has 1 heterocycles. The molecule has 4 heteroatoms. The zero-order valence-electron chi connectivity index (χ0n) is 11.7. The number of nitrogens with one attached hydrogen (secondary N) is 1. The molecule has 19 heavy (non-hydrogen) atoms. The summed E-state index contributed by atoms with van der Waals surface area (Å²) in [5, 5.41) is 2.70. The van der Waals surface area contributed by atoms with Gasteiger partial charge >= 0.3 is 6.09 Å². The maximum Gasteiger partial charge on any atom is 0.411 e. The first-order valence-corrected chi connectivity index (χ1v) is 6.68. The quantitative estimate of drug-likeness (QED) is 0.826. The van der Waals surface area contributed by atoms with Gasteiger partial charge in [-0.3, -0.25) is 5.32 Å². The summed E-state index contributed by atoms with van der Waals surface area (Å²) in [5.41, 5.74) is 0.748. The predicted octanol–water partition coefficient (Wildman–Crippen LogP) is 3.58. The lowest BCUT2D eigenvalue weighted by molar-refractivity contribution is 0.113. The van der Waals surface area contributed by atoms with Crippen LogP contribution in [0.1, 0.15) is 33.6 Å². The molecule has 104 valence electrons. The molecule has 1 aliphatic heterocycles. The average molecular weight is 263 g/mol. The molecule has 4 nitrogen and oxygen atoms in total. The van der Waals surface area contributed by atoms with E-state index < -0.39 is 6.09 Å². The maximum atomic E-state index is 11.6. The number of epoxide rings is 1. The largest absolute Gasteiger partial charge is 0.446 e. The fraction of sp³-hybridized carbons (Fsp3) is 0.533. The van der Waals surface area contributed by atoms with Crippen molar-refractivity contribution in [1.29, 1.82) is 0 Å². The smallest absolute Gasteiger partial charge is 0.411 e. The minimum absolute atomic E-state index is 0.00597. The molecule has 0 radical (unpaired) electrons. The summed E-state index contributed by atoms with van der Waals surface area (Å²) in [6.07, 6.45) is 1.53. The van der Waals surface area contributed by atoms with Gasteiger partial charge in [-0.25, -0.2) is 4.79 Å². The second-order valence-electron chi connectivity index (χ2n) is 5.49. The third-order valence-electron chi connectivity index (χ3n) is 3.33. The van der Waals surface area contributed by atoms with Crippen molar-refractivity contribution in [2.75, 3.05) is 5.32 Å². The highest BCUT2D eigenvalue weighted by molar-refractivity contribution is 5.84. The van der Waals surface area contributed by atoms with Crippen molar-refractivity contribution in [2.45, 2.75) is 51.4 Å². The molecule has 1 aromatic rings. The molecule has 1 aromatic carbocycles. The number of amides is 1. The zero-order valence-corrected chi connectivity index (χ0v) is 11.7. The molecule has 0 bridgehead atoms. The molecule has 1 fully saturated rings. The van der Waals surface area contributed by atoms with Crippen LogP contribution in [0.2, 0.25) is 0 Å². The van der Waals surface area contributed by atoms with E-state index in [2.05, 4.69) is 19.2 Å². The Balaban J connectivity index is 1.67. The summed E-state index contributed by atoms with van der Waals surface area (Å²) < 4.78 is 10.8. The fourth-order valence-electron chi connectivity index (χ4n) is 2.04. The van der Waals surface area contributed by atoms with Crippen LogP contribution < -0.4 is 5.32 Å². The standard InChI is InChI=1S/C15H21NO3/c1-11(9-10-13-15(2,3)19-13)18-14(17)16-12-7-5-4-6-8-12/h4-8,11,13H,9-10H2,1-3H3,(H,16,17)/t11-,13-/m0/s1. The maximum absolute atomic E-state index is 11.6. The van der Waals surface area contributed by atoms with E-state index in [9.17, 15) is 4.79 Å². The van der Waals surface area contributed by atoms with Crippen LogP contribution in [0.4, 0.5) is 10.5 Å². The Bertz CT molecular complexity index is 430. The normalized spacial score (nSPS) is 21.5. The second kappa shape index (κ2) is 5.61. The van der Waals surface area contributed by atoms with E-state index in [4.69, 9.17) is 9.47 Å². The molecule has 1 aliphatic rings. The Morgan fingerprint density at radius 1 is 1.42 bits per heavy atom. The van der Waals surface area contributed by atoms with Crippen molar-refractivity contribution in [1.82, 2.24) is 0 Å². The Morgan fingerprint density at radius 2 is 2.05 bits per heavy atom. The van der Waals surface area contributed by atoms with Crippen molar-refractivity contribution in [3.8, 4) is 0 Å². The third-order valence-corrected chi connectivity index (χ3v) is 3.33. The van der Waals surface area contributed by atoms with E-state index in [0.717, 1.165) is 18.5 Å². The molecule has 1 amide bonds. The molecule has 1 N–H and O–H groups in total. The highest BCUT2D eigenvalue weighted by Gasteiger charge is 2.47. The second-order valence-corrected chi connectivity index (χ2v) is 5.49. The van der Waals surface area contributed by atoms with E-state index in [1.54, 1.807) is 0 Å². The number of anilines is 1. The van der Waals surface area contributed by atoms with Crippen molar-refractivity contribution in [3.63, 3.8) is 0 Å². The van der Waals surface area contributed by atoms with Crippen LogP contribution in [0, 0.1) is 0 Å². The monoisotopic (exact) mass is 263 g/mol. The van der Waals surface area contributed by atoms with E-state index in [0.29, 0.717) is 6.10 Å². The zero-order chi connectivity index (χ0) is 13.9. The SMILES string of the molecule is C[C@@H](CC[C@@H]1OC1(C)C)OC(=O)Nc1ccccc1. The predicted molar refractivity (Wildman–Crippen MR) is 74.2 cm³/mol. The van der Waals surface area contributed by atoms with Gasteiger partial charge in [-0.15, -0.1) is 0 Å². The van der Waals surface area contributed by atoms with Crippen LogP contribution >= 0.6 is 0 Å².